The molecule has 0 aliphatic heterocycles. The molecule has 1 aromatic heterocycles. The summed E-state index contributed by atoms with van der Waals surface area (Å²) < 4.78 is 29.7. The Morgan fingerprint density at radius 1 is 1.35 bits per heavy atom. The van der Waals surface area contributed by atoms with Crippen LogP contribution >= 0.6 is 0 Å². The molecule has 0 fully saturated rings. The van der Waals surface area contributed by atoms with Crippen molar-refractivity contribution < 1.29 is 13.2 Å². The number of nitrogens with zero attached hydrogens (tertiary/aromatic N) is 2. The maximum absolute atomic E-state index is 11.3. The number of ether oxygens (including phenoxy) is 1. The fraction of sp³-hybridized carbons (Fsp3) is 0.308. The first kappa shape index (κ1) is 14.5. The van der Waals surface area contributed by atoms with Crippen LogP contribution in [0.5, 0.6) is 5.75 Å². The zero-order valence-corrected chi connectivity index (χ0v) is 12.4. The van der Waals surface area contributed by atoms with E-state index in [1.165, 1.54) is 6.20 Å². The summed E-state index contributed by atoms with van der Waals surface area (Å²) in [6.07, 6.45) is 1.44. The number of imidazole rings is 1. The normalized spacial score (nSPS) is 11.6. The highest BCUT2D eigenvalue weighted by atomic mass is 32.2. The molecule has 0 aliphatic carbocycles. The number of hydrogen-bond acceptors (Lipinski definition) is 4. The number of nitrogens with two attached hydrogens (primary N) is 1. The van der Waals surface area contributed by atoms with Crippen molar-refractivity contribution in [1.82, 2.24) is 9.55 Å². The van der Waals surface area contributed by atoms with Crippen LogP contribution in [-0.2, 0) is 16.6 Å². The lowest BCUT2D eigenvalue weighted by atomic mass is 10.1. The van der Waals surface area contributed by atoms with Crippen LogP contribution in [0.1, 0.15) is 17.0 Å². The van der Waals surface area contributed by atoms with E-state index in [9.17, 15) is 8.42 Å². The van der Waals surface area contributed by atoms with Gasteiger partial charge in [0.15, 0.2) is 5.03 Å². The number of primary sulfonamides is 1. The Hall–Kier alpha value is -1.86. The molecule has 6 nitrogen and oxygen atoms in total. The number of hydrogen-bond donors (Lipinski definition) is 1. The van der Waals surface area contributed by atoms with Gasteiger partial charge in [0.05, 0.1) is 13.7 Å². The van der Waals surface area contributed by atoms with Crippen molar-refractivity contribution in [2.45, 2.75) is 25.4 Å². The van der Waals surface area contributed by atoms with Crippen LogP contribution in [-0.4, -0.2) is 25.1 Å². The molecule has 7 heteroatoms. The number of sulfonamides is 1. The Morgan fingerprint density at radius 2 is 2.05 bits per heavy atom. The second-order valence-electron chi connectivity index (χ2n) is 4.61. The molecule has 0 saturated carbocycles. The van der Waals surface area contributed by atoms with E-state index in [1.807, 2.05) is 25.1 Å². The van der Waals surface area contributed by atoms with E-state index >= 15 is 0 Å². The van der Waals surface area contributed by atoms with Crippen molar-refractivity contribution in [3.8, 4) is 5.75 Å². The average Bonchev–Trinajstić information content (AvgIpc) is 2.71. The van der Waals surface area contributed by atoms with Gasteiger partial charge in [0.1, 0.15) is 11.6 Å². The topological polar surface area (TPSA) is 87.2 Å². The van der Waals surface area contributed by atoms with Crippen molar-refractivity contribution >= 4 is 10.0 Å². The van der Waals surface area contributed by atoms with E-state index in [2.05, 4.69) is 4.98 Å². The van der Waals surface area contributed by atoms with E-state index in [0.717, 1.165) is 16.9 Å². The molecule has 0 radical (unpaired) electrons. The minimum Gasteiger partial charge on any atom is -0.496 e. The Labute approximate surface area is 118 Å². The van der Waals surface area contributed by atoms with Gasteiger partial charge < -0.3 is 9.30 Å². The minimum absolute atomic E-state index is 0.124. The van der Waals surface area contributed by atoms with Gasteiger partial charge in [-0.3, -0.25) is 0 Å². The van der Waals surface area contributed by atoms with E-state index < -0.39 is 10.0 Å². The number of aryl methyl sites for hydroxylation is 2. The van der Waals surface area contributed by atoms with Gasteiger partial charge in [-0.1, -0.05) is 17.7 Å². The summed E-state index contributed by atoms with van der Waals surface area (Å²) in [6, 6.07) is 5.84. The zero-order valence-electron chi connectivity index (χ0n) is 11.6. The van der Waals surface area contributed by atoms with Crippen molar-refractivity contribution in [2.24, 2.45) is 5.14 Å². The summed E-state index contributed by atoms with van der Waals surface area (Å²) >= 11 is 0. The van der Waals surface area contributed by atoms with Gasteiger partial charge in [-0.05, 0) is 19.9 Å². The highest BCUT2D eigenvalue weighted by molar-refractivity contribution is 7.89. The second-order valence-corrected chi connectivity index (χ2v) is 6.12. The van der Waals surface area contributed by atoms with Crippen LogP contribution in [0.3, 0.4) is 0 Å². The van der Waals surface area contributed by atoms with Crippen LogP contribution in [0.4, 0.5) is 0 Å². The summed E-state index contributed by atoms with van der Waals surface area (Å²) in [6.45, 7) is 4.19. The first-order valence-corrected chi connectivity index (χ1v) is 7.56. The van der Waals surface area contributed by atoms with Crippen LogP contribution in [0.25, 0.3) is 0 Å². The van der Waals surface area contributed by atoms with Crippen LogP contribution in [0.15, 0.2) is 29.4 Å². The van der Waals surface area contributed by atoms with Gasteiger partial charge in [0.2, 0.25) is 0 Å². The molecule has 1 aromatic carbocycles. The predicted molar refractivity (Wildman–Crippen MR) is 75.2 cm³/mol. The quantitative estimate of drug-likeness (QED) is 0.918. The number of methoxy groups -OCH3 is 1. The molecule has 0 atom stereocenters. The Morgan fingerprint density at radius 3 is 2.60 bits per heavy atom. The Balaban J connectivity index is 2.40. The van der Waals surface area contributed by atoms with E-state index in [4.69, 9.17) is 9.88 Å². The first-order chi connectivity index (χ1) is 9.31. The largest absolute Gasteiger partial charge is 0.496 e. The third kappa shape index (κ3) is 3.00. The number of benzene rings is 1. The molecule has 1 heterocycles. The molecule has 0 saturated heterocycles. The fourth-order valence-electron chi connectivity index (χ4n) is 1.99. The number of aromatic nitrogens is 2. The predicted octanol–water partition coefficient (Wildman–Crippen LogP) is 1.20. The maximum Gasteiger partial charge on any atom is 0.257 e. The van der Waals surface area contributed by atoms with E-state index in [1.54, 1.807) is 18.6 Å². The van der Waals surface area contributed by atoms with Crippen molar-refractivity contribution in [3.05, 3.63) is 41.3 Å². The third-order valence-corrected chi connectivity index (χ3v) is 3.80. The molecule has 2 N–H and O–H groups in total. The summed E-state index contributed by atoms with van der Waals surface area (Å²) in [7, 11) is -2.18. The van der Waals surface area contributed by atoms with Gasteiger partial charge in [0.25, 0.3) is 10.0 Å². The second kappa shape index (κ2) is 5.26. The molecule has 108 valence electrons. The van der Waals surface area contributed by atoms with Crippen molar-refractivity contribution in [2.75, 3.05) is 7.11 Å². The Kier molecular flexibility index (Phi) is 3.82. The molecule has 2 rings (SSSR count). The van der Waals surface area contributed by atoms with E-state index in [0.29, 0.717) is 12.4 Å². The van der Waals surface area contributed by atoms with Crippen molar-refractivity contribution in [1.29, 1.82) is 0 Å². The van der Waals surface area contributed by atoms with Crippen LogP contribution in [0.2, 0.25) is 0 Å². The minimum atomic E-state index is -3.78. The van der Waals surface area contributed by atoms with Crippen LogP contribution < -0.4 is 9.88 Å². The van der Waals surface area contributed by atoms with Gasteiger partial charge in [-0.15, -0.1) is 0 Å². The highest BCUT2D eigenvalue weighted by Gasteiger charge is 2.15. The van der Waals surface area contributed by atoms with Gasteiger partial charge in [-0.25, -0.2) is 18.5 Å². The van der Waals surface area contributed by atoms with Gasteiger partial charge in [-0.2, -0.15) is 0 Å². The molecule has 0 aliphatic rings. The summed E-state index contributed by atoms with van der Waals surface area (Å²) in [5.41, 5.74) is 2.05. The average molecular weight is 295 g/mol. The smallest absolute Gasteiger partial charge is 0.257 e. The SMILES string of the molecule is COc1ccc(C)cc1Cn1cc(S(N)(=O)=O)nc1C. The molecule has 20 heavy (non-hydrogen) atoms. The Bertz CT molecular complexity index is 735. The molecule has 0 bridgehead atoms. The lowest BCUT2D eigenvalue weighted by molar-refractivity contribution is 0.408. The zero-order chi connectivity index (χ0) is 14.9. The van der Waals surface area contributed by atoms with Crippen molar-refractivity contribution in [3.63, 3.8) is 0 Å². The number of rotatable bonds is 4. The standard InChI is InChI=1S/C13H17N3O3S/c1-9-4-5-12(19-3)11(6-9)7-16-8-13(15-10(16)2)20(14,17)18/h4-6,8H,7H2,1-3H3,(H2,14,17,18). The molecule has 2 aromatic rings. The van der Waals surface area contributed by atoms with Gasteiger partial charge in [0, 0.05) is 11.8 Å². The molecular weight excluding hydrogens is 278 g/mol. The first-order valence-electron chi connectivity index (χ1n) is 6.01. The van der Waals surface area contributed by atoms with Crippen LogP contribution in [0, 0.1) is 13.8 Å². The van der Waals surface area contributed by atoms with E-state index in [-0.39, 0.29) is 5.03 Å². The molecule has 0 spiro atoms. The molecule has 0 amide bonds. The summed E-state index contributed by atoms with van der Waals surface area (Å²) in [5, 5.41) is 4.96. The summed E-state index contributed by atoms with van der Waals surface area (Å²) in [5.74, 6) is 1.33. The molecular formula is C13H17N3O3S. The van der Waals surface area contributed by atoms with Gasteiger partial charge >= 0.3 is 0 Å². The lowest BCUT2D eigenvalue weighted by Crippen LogP contribution is -2.12. The monoisotopic (exact) mass is 295 g/mol. The fourth-order valence-corrected chi connectivity index (χ4v) is 2.52. The summed E-state index contributed by atoms with van der Waals surface area (Å²) in [4.78, 5) is 3.97. The highest BCUT2D eigenvalue weighted by Crippen LogP contribution is 2.21. The maximum atomic E-state index is 11.3. The lowest BCUT2D eigenvalue weighted by Gasteiger charge is -2.11. The molecule has 0 unspecified atom stereocenters. The third-order valence-electron chi connectivity index (χ3n) is 3.02.